The number of fused-ring (bicyclic) bond motifs is 3. The smallest absolute Gasteiger partial charge is 0.278 e. The van der Waals surface area contributed by atoms with Crippen LogP contribution in [-0.2, 0) is 0 Å². The highest BCUT2D eigenvalue weighted by Gasteiger charge is 2.40. The summed E-state index contributed by atoms with van der Waals surface area (Å²) >= 11 is 1.31. The molecule has 3 aliphatic rings. The zero-order valence-electron chi connectivity index (χ0n) is 14.6. The van der Waals surface area contributed by atoms with Crippen LogP contribution in [-0.4, -0.2) is 40.9 Å². The van der Waals surface area contributed by atoms with E-state index in [4.69, 9.17) is 0 Å². The quantitative estimate of drug-likeness (QED) is 0.659. The highest BCUT2D eigenvalue weighted by atomic mass is 32.1. The van der Waals surface area contributed by atoms with Crippen molar-refractivity contribution in [2.75, 3.05) is 13.1 Å². The Morgan fingerprint density at radius 1 is 1.23 bits per heavy atom. The van der Waals surface area contributed by atoms with E-state index in [1.54, 1.807) is 30.3 Å². The Labute approximate surface area is 156 Å². The van der Waals surface area contributed by atoms with Crippen molar-refractivity contribution in [3.63, 3.8) is 0 Å². The van der Waals surface area contributed by atoms with Crippen molar-refractivity contribution in [1.29, 1.82) is 0 Å². The van der Waals surface area contributed by atoms with Gasteiger partial charge in [0, 0.05) is 23.0 Å². The Balaban J connectivity index is 1.53. The third-order valence-corrected chi connectivity index (χ3v) is 6.79. The third-order valence-electron chi connectivity index (χ3n) is 5.67. The van der Waals surface area contributed by atoms with Crippen LogP contribution in [0.5, 0.6) is 0 Å². The molecule has 1 N–H and O–H groups in total. The lowest BCUT2D eigenvalue weighted by molar-refractivity contribution is -0.384. The SMILES string of the molecule is C[C@H]1[C@H](NC(=O)c2ccc(-c3ccccc3[N+](=O)[O-])s2)C2CCN1CC2. The van der Waals surface area contributed by atoms with Gasteiger partial charge in [-0.05, 0) is 57.0 Å². The van der Waals surface area contributed by atoms with Gasteiger partial charge >= 0.3 is 0 Å². The van der Waals surface area contributed by atoms with Crippen LogP contribution in [0.2, 0.25) is 0 Å². The molecule has 3 saturated heterocycles. The molecule has 3 aliphatic heterocycles. The lowest BCUT2D eigenvalue weighted by Crippen LogP contribution is -2.62. The fourth-order valence-electron chi connectivity index (χ4n) is 4.21. The number of amides is 1. The van der Waals surface area contributed by atoms with Gasteiger partial charge < -0.3 is 5.32 Å². The monoisotopic (exact) mass is 371 g/mol. The molecule has 1 aromatic heterocycles. The van der Waals surface area contributed by atoms with Crippen molar-refractivity contribution in [1.82, 2.24) is 10.2 Å². The largest absolute Gasteiger partial charge is 0.347 e. The third kappa shape index (κ3) is 3.01. The van der Waals surface area contributed by atoms with E-state index >= 15 is 0 Å². The zero-order valence-corrected chi connectivity index (χ0v) is 15.4. The molecular formula is C19H21N3O3S. The average molecular weight is 371 g/mol. The van der Waals surface area contributed by atoms with Crippen molar-refractivity contribution in [2.45, 2.75) is 31.8 Å². The van der Waals surface area contributed by atoms with Crippen molar-refractivity contribution in [2.24, 2.45) is 5.92 Å². The molecule has 3 fully saturated rings. The predicted octanol–water partition coefficient (Wildman–Crippen LogP) is 3.54. The van der Waals surface area contributed by atoms with E-state index in [-0.39, 0.29) is 22.6 Å². The van der Waals surface area contributed by atoms with Crippen LogP contribution in [0.15, 0.2) is 36.4 Å². The van der Waals surface area contributed by atoms with Crippen LogP contribution in [0, 0.1) is 16.0 Å². The number of nitro benzene ring substituents is 1. The molecule has 1 aromatic carbocycles. The lowest BCUT2D eigenvalue weighted by Gasteiger charge is -2.49. The summed E-state index contributed by atoms with van der Waals surface area (Å²) in [6, 6.07) is 10.7. The maximum Gasteiger partial charge on any atom is 0.278 e. The van der Waals surface area contributed by atoms with Crippen LogP contribution in [0.3, 0.4) is 0 Å². The second kappa shape index (κ2) is 6.81. The molecule has 0 aliphatic carbocycles. The van der Waals surface area contributed by atoms with Crippen molar-refractivity contribution < 1.29 is 9.72 Å². The summed E-state index contributed by atoms with van der Waals surface area (Å²) in [5.74, 6) is 0.471. The number of carbonyl (C=O) groups excluding carboxylic acids is 1. The van der Waals surface area contributed by atoms with Crippen LogP contribution >= 0.6 is 11.3 Å². The summed E-state index contributed by atoms with van der Waals surface area (Å²) in [6.45, 7) is 4.43. The van der Waals surface area contributed by atoms with Gasteiger partial charge in [-0.25, -0.2) is 0 Å². The summed E-state index contributed by atoms with van der Waals surface area (Å²) in [5, 5.41) is 14.4. The molecule has 4 heterocycles. The second-order valence-electron chi connectivity index (χ2n) is 7.05. The Bertz CT molecular complexity index is 840. The number of benzene rings is 1. The molecule has 0 spiro atoms. The molecule has 2 bridgehead atoms. The molecule has 26 heavy (non-hydrogen) atoms. The molecule has 1 amide bonds. The molecule has 136 valence electrons. The van der Waals surface area contributed by atoms with E-state index in [2.05, 4.69) is 17.1 Å². The maximum absolute atomic E-state index is 12.7. The lowest BCUT2D eigenvalue weighted by atomic mass is 9.79. The van der Waals surface area contributed by atoms with Gasteiger partial charge in [-0.15, -0.1) is 11.3 Å². The summed E-state index contributed by atoms with van der Waals surface area (Å²) in [4.78, 5) is 27.4. The highest BCUT2D eigenvalue weighted by molar-refractivity contribution is 7.17. The van der Waals surface area contributed by atoms with Crippen LogP contribution in [0.1, 0.15) is 29.4 Å². The zero-order chi connectivity index (χ0) is 18.3. The minimum atomic E-state index is -0.385. The number of hydrogen-bond donors (Lipinski definition) is 1. The predicted molar refractivity (Wildman–Crippen MR) is 101 cm³/mol. The van der Waals surface area contributed by atoms with Crippen molar-refractivity contribution in [3.05, 3.63) is 51.4 Å². The summed E-state index contributed by atoms with van der Waals surface area (Å²) < 4.78 is 0. The normalized spacial score (nSPS) is 27.3. The highest BCUT2D eigenvalue weighted by Crippen LogP contribution is 2.36. The number of rotatable bonds is 4. The second-order valence-corrected chi connectivity index (χ2v) is 8.14. The molecule has 2 atom stereocenters. The van der Waals surface area contributed by atoms with E-state index in [1.165, 1.54) is 17.4 Å². The summed E-state index contributed by atoms with van der Waals surface area (Å²) in [7, 11) is 0. The Hall–Kier alpha value is -2.25. The number of carbonyl (C=O) groups is 1. The molecule has 7 heteroatoms. The first-order chi connectivity index (χ1) is 12.5. The van der Waals surface area contributed by atoms with Gasteiger partial charge in [0.1, 0.15) is 0 Å². The van der Waals surface area contributed by atoms with Gasteiger partial charge in [-0.1, -0.05) is 12.1 Å². The van der Waals surface area contributed by atoms with Gasteiger partial charge in [0.25, 0.3) is 11.6 Å². The number of thiophene rings is 1. The molecule has 0 unspecified atom stereocenters. The minimum absolute atomic E-state index is 0.0623. The molecule has 2 aromatic rings. The minimum Gasteiger partial charge on any atom is -0.347 e. The van der Waals surface area contributed by atoms with Crippen LogP contribution in [0.4, 0.5) is 5.69 Å². The summed E-state index contributed by atoms with van der Waals surface area (Å²) in [6.07, 6.45) is 2.28. The number of piperidine rings is 3. The number of para-hydroxylation sites is 1. The van der Waals surface area contributed by atoms with Gasteiger partial charge in [-0.2, -0.15) is 0 Å². The first kappa shape index (κ1) is 17.2. The molecule has 0 saturated carbocycles. The maximum atomic E-state index is 12.7. The van der Waals surface area contributed by atoms with Crippen molar-refractivity contribution >= 4 is 22.9 Å². The van der Waals surface area contributed by atoms with Gasteiger partial charge in [0.2, 0.25) is 0 Å². The van der Waals surface area contributed by atoms with Gasteiger partial charge in [0.15, 0.2) is 0 Å². The molecule has 0 radical (unpaired) electrons. The van der Waals surface area contributed by atoms with E-state index < -0.39 is 0 Å². The average Bonchev–Trinajstić information content (AvgIpc) is 3.15. The first-order valence-corrected chi connectivity index (χ1v) is 9.75. The van der Waals surface area contributed by atoms with E-state index in [1.807, 2.05) is 0 Å². The molecule has 6 nitrogen and oxygen atoms in total. The van der Waals surface area contributed by atoms with E-state index in [0.29, 0.717) is 22.4 Å². The fourth-order valence-corrected chi connectivity index (χ4v) is 5.16. The number of nitrogens with one attached hydrogen (secondary N) is 1. The number of nitro groups is 1. The fraction of sp³-hybridized carbons (Fsp3) is 0.421. The van der Waals surface area contributed by atoms with E-state index in [0.717, 1.165) is 30.8 Å². The first-order valence-electron chi connectivity index (χ1n) is 8.93. The molecule has 5 rings (SSSR count). The van der Waals surface area contributed by atoms with E-state index in [9.17, 15) is 14.9 Å². The van der Waals surface area contributed by atoms with Crippen LogP contribution in [0.25, 0.3) is 10.4 Å². The van der Waals surface area contributed by atoms with Crippen molar-refractivity contribution in [3.8, 4) is 10.4 Å². The molecular weight excluding hydrogens is 350 g/mol. The van der Waals surface area contributed by atoms with Crippen LogP contribution < -0.4 is 5.32 Å². The van der Waals surface area contributed by atoms with Gasteiger partial charge in [0.05, 0.1) is 15.4 Å². The summed E-state index contributed by atoms with van der Waals surface area (Å²) in [5.41, 5.74) is 0.616. The number of hydrogen-bond acceptors (Lipinski definition) is 5. The topological polar surface area (TPSA) is 75.5 Å². The number of nitrogens with zero attached hydrogens (tertiary/aromatic N) is 2. The van der Waals surface area contributed by atoms with Gasteiger partial charge in [-0.3, -0.25) is 19.8 Å². The Morgan fingerprint density at radius 3 is 2.65 bits per heavy atom. The Kier molecular flexibility index (Phi) is 4.50. The Morgan fingerprint density at radius 2 is 1.96 bits per heavy atom. The standard InChI is InChI=1S/C19H21N3O3S/c1-12-18(13-8-10-21(12)11-9-13)20-19(23)17-7-6-16(26-17)14-4-2-3-5-15(14)22(24)25/h2-7,12-13,18H,8-11H2,1H3,(H,20,23)/t12-,18-/m0/s1.